The molecule has 1 saturated heterocycles. The molecule has 1 aliphatic heterocycles. The standard InChI is InChI=1S/C26H31ClN4O4/c1-30-11-9-20(10-12-30)34-13-14-35-24-8-7-19(16-22(24)25-23(27)17-28-31(25)2)29-26(32)18-5-4-6-21(15-18)33-3/h4-8,15-17,20H,9-14H2,1-3H3,(H,29,32). The number of aromatic nitrogens is 2. The van der Waals surface area contributed by atoms with Crippen LogP contribution in [-0.4, -0.2) is 67.2 Å². The quantitative estimate of drug-likeness (QED) is 0.438. The highest BCUT2D eigenvalue weighted by molar-refractivity contribution is 6.33. The van der Waals surface area contributed by atoms with Gasteiger partial charge in [0.1, 0.15) is 18.1 Å². The van der Waals surface area contributed by atoms with Crippen molar-refractivity contribution >= 4 is 23.2 Å². The SMILES string of the molecule is COc1cccc(C(=O)Nc2ccc(OCCOC3CCN(C)CC3)c(-c3c(Cl)cnn3C)c2)c1. The molecule has 0 unspecified atom stereocenters. The van der Waals surface area contributed by atoms with E-state index < -0.39 is 0 Å². The molecule has 0 radical (unpaired) electrons. The zero-order valence-corrected chi connectivity index (χ0v) is 21.0. The van der Waals surface area contributed by atoms with E-state index in [1.165, 1.54) is 0 Å². The molecule has 0 aliphatic carbocycles. The van der Waals surface area contributed by atoms with Gasteiger partial charge in [0, 0.05) is 37.0 Å². The summed E-state index contributed by atoms with van der Waals surface area (Å²) in [6, 6.07) is 12.5. The fourth-order valence-electron chi connectivity index (χ4n) is 4.12. The number of rotatable bonds is 9. The van der Waals surface area contributed by atoms with E-state index in [4.69, 9.17) is 25.8 Å². The molecule has 1 N–H and O–H groups in total. The van der Waals surface area contributed by atoms with Crippen LogP contribution in [0.1, 0.15) is 23.2 Å². The van der Waals surface area contributed by atoms with Gasteiger partial charge in [-0.05, 0) is 56.3 Å². The van der Waals surface area contributed by atoms with E-state index >= 15 is 0 Å². The summed E-state index contributed by atoms with van der Waals surface area (Å²) in [5.41, 5.74) is 2.55. The van der Waals surface area contributed by atoms with Crippen LogP contribution in [0.25, 0.3) is 11.3 Å². The zero-order chi connectivity index (χ0) is 24.8. The second kappa shape index (κ2) is 11.6. The van der Waals surface area contributed by atoms with Crippen molar-refractivity contribution in [3.8, 4) is 22.8 Å². The number of hydrogen-bond acceptors (Lipinski definition) is 6. The molecule has 186 valence electrons. The molecule has 9 heteroatoms. The van der Waals surface area contributed by atoms with Gasteiger partial charge in [-0.1, -0.05) is 17.7 Å². The molecular weight excluding hydrogens is 468 g/mol. The van der Waals surface area contributed by atoms with Crippen LogP contribution in [0, 0.1) is 0 Å². The number of ether oxygens (including phenoxy) is 3. The Balaban J connectivity index is 1.48. The number of carbonyl (C=O) groups is 1. The first-order chi connectivity index (χ1) is 16.9. The summed E-state index contributed by atoms with van der Waals surface area (Å²) in [6.07, 6.45) is 3.93. The number of anilines is 1. The Morgan fingerprint density at radius 1 is 1.14 bits per heavy atom. The Hall–Kier alpha value is -3.07. The summed E-state index contributed by atoms with van der Waals surface area (Å²) in [5, 5.41) is 7.69. The van der Waals surface area contributed by atoms with Crippen molar-refractivity contribution in [1.82, 2.24) is 14.7 Å². The Kier molecular flexibility index (Phi) is 8.28. The fraction of sp³-hybridized carbons (Fsp3) is 0.385. The van der Waals surface area contributed by atoms with Crippen molar-refractivity contribution in [2.24, 2.45) is 7.05 Å². The minimum absolute atomic E-state index is 0.244. The average molecular weight is 499 g/mol. The number of halogens is 1. The van der Waals surface area contributed by atoms with Crippen LogP contribution in [0.2, 0.25) is 5.02 Å². The monoisotopic (exact) mass is 498 g/mol. The number of hydrogen-bond donors (Lipinski definition) is 1. The fourth-order valence-corrected chi connectivity index (χ4v) is 4.39. The lowest BCUT2D eigenvalue weighted by atomic mass is 10.1. The summed E-state index contributed by atoms with van der Waals surface area (Å²) in [6.45, 7) is 3.01. The van der Waals surface area contributed by atoms with Crippen LogP contribution < -0.4 is 14.8 Å². The molecule has 0 bridgehead atoms. The van der Waals surface area contributed by atoms with E-state index in [1.807, 2.05) is 19.2 Å². The van der Waals surface area contributed by atoms with E-state index in [0.717, 1.165) is 31.5 Å². The zero-order valence-electron chi connectivity index (χ0n) is 20.3. The first kappa shape index (κ1) is 25.0. The van der Waals surface area contributed by atoms with Gasteiger partial charge in [0.15, 0.2) is 0 Å². The predicted molar refractivity (Wildman–Crippen MR) is 137 cm³/mol. The highest BCUT2D eigenvalue weighted by Crippen LogP contribution is 2.36. The largest absolute Gasteiger partial charge is 0.497 e. The highest BCUT2D eigenvalue weighted by atomic mass is 35.5. The molecule has 0 atom stereocenters. The van der Waals surface area contributed by atoms with Gasteiger partial charge in [-0.3, -0.25) is 9.48 Å². The third kappa shape index (κ3) is 6.33. The smallest absolute Gasteiger partial charge is 0.255 e. The first-order valence-corrected chi connectivity index (χ1v) is 12.0. The van der Waals surface area contributed by atoms with Crippen LogP contribution in [0.4, 0.5) is 5.69 Å². The molecule has 4 rings (SSSR count). The van der Waals surface area contributed by atoms with E-state index in [0.29, 0.717) is 46.7 Å². The lowest BCUT2D eigenvalue weighted by Gasteiger charge is -2.28. The van der Waals surface area contributed by atoms with Gasteiger partial charge in [0.05, 0.1) is 36.7 Å². The maximum absolute atomic E-state index is 12.8. The van der Waals surface area contributed by atoms with Gasteiger partial charge in [-0.15, -0.1) is 0 Å². The van der Waals surface area contributed by atoms with Crippen LogP contribution in [0.3, 0.4) is 0 Å². The molecule has 0 spiro atoms. The number of aryl methyl sites for hydroxylation is 1. The summed E-state index contributed by atoms with van der Waals surface area (Å²) in [5.74, 6) is 1.01. The summed E-state index contributed by atoms with van der Waals surface area (Å²) in [7, 11) is 5.52. The molecule has 3 aromatic rings. The number of carbonyl (C=O) groups excluding carboxylic acids is 1. The average Bonchev–Trinajstić information content (AvgIpc) is 3.21. The van der Waals surface area contributed by atoms with Crippen LogP contribution in [-0.2, 0) is 11.8 Å². The van der Waals surface area contributed by atoms with Crippen LogP contribution in [0.15, 0.2) is 48.7 Å². The van der Waals surface area contributed by atoms with Crippen molar-refractivity contribution in [2.45, 2.75) is 18.9 Å². The molecular formula is C26H31ClN4O4. The number of piperidine rings is 1. The topological polar surface area (TPSA) is 77.9 Å². The Labute approximate surface area is 210 Å². The molecule has 1 aromatic heterocycles. The maximum Gasteiger partial charge on any atom is 0.255 e. The van der Waals surface area contributed by atoms with Gasteiger partial charge in [0.25, 0.3) is 5.91 Å². The lowest BCUT2D eigenvalue weighted by molar-refractivity contribution is -0.000189. The molecule has 1 amide bonds. The van der Waals surface area contributed by atoms with Gasteiger partial charge < -0.3 is 24.4 Å². The normalized spacial score (nSPS) is 14.6. The van der Waals surface area contributed by atoms with E-state index in [9.17, 15) is 4.79 Å². The lowest BCUT2D eigenvalue weighted by Crippen LogP contribution is -2.34. The van der Waals surface area contributed by atoms with Crippen molar-refractivity contribution in [1.29, 1.82) is 0 Å². The van der Waals surface area contributed by atoms with Crippen molar-refractivity contribution in [3.05, 3.63) is 59.2 Å². The Bertz CT molecular complexity index is 1140. The number of likely N-dealkylation sites (tertiary alicyclic amines) is 1. The molecule has 1 aliphatic rings. The summed E-state index contributed by atoms with van der Waals surface area (Å²) >= 11 is 6.44. The maximum atomic E-state index is 12.8. The van der Waals surface area contributed by atoms with E-state index in [1.54, 1.807) is 48.3 Å². The molecule has 35 heavy (non-hydrogen) atoms. The van der Waals surface area contributed by atoms with E-state index in [2.05, 4.69) is 22.4 Å². The third-order valence-corrected chi connectivity index (χ3v) is 6.36. The number of methoxy groups -OCH3 is 1. The Morgan fingerprint density at radius 2 is 1.94 bits per heavy atom. The van der Waals surface area contributed by atoms with Crippen LogP contribution >= 0.6 is 11.6 Å². The predicted octanol–water partition coefficient (Wildman–Crippen LogP) is 4.49. The summed E-state index contributed by atoms with van der Waals surface area (Å²) in [4.78, 5) is 15.1. The third-order valence-electron chi connectivity index (χ3n) is 6.08. The van der Waals surface area contributed by atoms with Crippen LogP contribution in [0.5, 0.6) is 11.5 Å². The minimum atomic E-state index is -0.244. The number of nitrogens with one attached hydrogen (secondary N) is 1. The summed E-state index contributed by atoms with van der Waals surface area (Å²) < 4.78 is 19.0. The van der Waals surface area contributed by atoms with E-state index in [-0.39, 0.29) is 12.0 Å². The van der Waals surface area contributed by atoms with Gasteiger partial charge in [0.2, 0.25) is 0 Å². The molecule has 0 saturated carbocycles. The molecule has 1 fully saturated rings. The highest BCUT2D eigenvalue weighted by Gasteiger charge is 2.19. The van der Waals surface area contributed by atoms with Gasteiger partial charge >= 0.3 is 0 Å². The Morgan fingerprint density at radius 3 is 2.66 bits per heavy atom. The van der Waals surface area contributed by atoms with Gasteiger partial charge in [-0.2, -0.15) is 5.10 Å². The number of nitrogens with zero attached hydrogens (tertiary/aromatic N) is 3. The second-order valence-corrected chi connectivity index (χ2v) is 8.99. The molecule has 2 aromatic carbocycles. The van der Waals surface area contributed by atoms with Crippen molar-refractivity contribution in [3.63, 3.8) is 0 Å². The second-order valence-electron chi connectivity index (χ2n) is 8.58. The number of amides is 1. The molecule has 2 heterocycles. The van der Waals surface area contributed by atoms with Crippen molar-refractivity contribution in [2.75, 3.05) is 45.8 Å². The number of benzene rings is 2. The van der Waals surface area contributed by atoms with Gasteiger partial charge in [-0.25, -0.2) is 0 Å². The molecule has 8 nitrogen and oxygen atoms in total. The van der Waals surface area contributed by atoms with Crippen molar-refractivity contribution < 1.29 is 19.0 Å². The first-order valence-electron chi connectivity index (χ1n) is 11.6. The minimum Gasteiger partial charge on any atom is -0.497 e.